The molecule has 0 radical (unpaired) electrons. The van der Waals surface area contributed by atoms with Gasteiger partial charge in [-0.2, -0.15) is 0 Å². The van der Waals surface area contributed by atoms with Crippen LogP contribution in [0.3, 0.4) is 0 Å². The van der Waals surface area contributed by atoms with Gasteiger partial charge in [0.2, 0.25) is 10.0 Å². The van der Waals surface area contributed by atoms with Crippen LogP contribution in [0.2, 0.25) is 0 Å². The van der Waals surface area contributed by atoms with Gasteiger partial charge in [0.1, 0.15) is 0 Å². The first-order valence-corrected chi connectivity index (χ1v) is 14.9. The number of nitrogens with two attached hydrogens (primary N) is 1. The summed E-state index contributed by atoms with van der Waals surface area (Å²) in [5, 5.41) is 5.16. The van der Waals surface area contributed by atoms with Crippen molar-refractivity contribution >= 4 is 23.1 Å². The normalized spacial score (nSPS) is 9.94. The molecule has 2 aromatic heterocycles. The minimum Gasteiger partial charge on any atom is -1.00 e. The monoisotopic (exact) mass is 718 g/mol. The van der Waals surface area contributed by atoms with Crippen LogP contribution in [0.25, 0.3) is 0 Å². The number of carbonyl (C=O) groups excluding carboxylic acids is 3. The Kier molecular flexibility index (Phi) is 13.1. The summed E-state index contributed by atoms with van der Waals surface area (Å²) in [6.07, 6.45) is 3.55. The molecule has 0 aliphatic rings. The number of hydrogen-bond donors (Lipinski definition) is 1. The molecule has 2 heterocycles. The minimum atomic E-state index is -3.68. The van der Waals surface area contributed by atoms with E-state index < -0.39 is 25.4 Å². The molecule has 12 heteroatoms. The third-order valence-electron chi connectivity index (χ3n) is 4.11. The first-order chi connectivity index (χ1) is 15.9. The van der Waals surface area contributed by atoms with Gasteiger partial charge in [0.25, 0.3) is 0 Å². The molecule has 0 unspecified atom stereocenters. The molecule has 0 aliphatic heterocycles. The maximum Gasteiger partial charge on any atom is -1.00 e. The third kappa shape index (κ3) is 10.5. The molecule has 0 saturated heterocycles. The van der Waals surface area contributed by atoms with E-state index in [-0.39, 0.29) is 21.9 Å². The molecular formula is C22H20BrN4O5ReS. The molecule has 1 aromatic carbocycles. The number of pyridine rings is 2. The van der Waals surface area contributed by atoms with Crippen molar-refractivity contribution in [1.29, 1.82) is 0 Å². The number of primary sulfonamides is 1. The average Bonchev–Trinajstić information content (AvgIpc) is 2.82. The SMILES string of the molecule is NS(=O)(=O)c1ccc(CN(Cc2ccccn2)Cc2ccccn2)cc1.O=[C]=[Re+](=[C]=O)=[C]=O.[Br-]. The fourth-order valence-electron chi connectivity index (χ4n) is 2.70. The summed E-state index contributed by atoms with van der Waals surface area (Å²) in [5.74, 6) is 0. The molecule has 2 N–H and O–H groups in total. The Hall–Kier alpha value is -2.73. The fraction of sp³-hybridized carbons (Fsp3) is 0.136. The predicted molar refractivity (Wildman–Crippen MR) is 116 cm³/mol. The van der Waals surface area contributed by atoms with Crippen LogP contribution >= 0.6 is 0 Å². The van der Waals surface area contributed by atoms with Gasteiger partial charge < -0.3 is 17.0 Å². The molecule has 0 fully saturated rings. The van der Waals surface area contributed by atoms with Crippen LogP contribution in [-0.2, 0) is 59.4 Å². The smallest absolute Gasteiger partial charge is 1.00 e. The van der Waals surface area contributed by atoms with E-state index in [1.165, 1.54) is 25.2 Å². The van der Waals surface area contributed by atoms with Crippen LogP contribution in [0, 0.1) is 0 Å². The van der Waals surface area contributed by atoms with Gasteiger partial charge in [-0.25, -0.2) is 13.6 Å². The van der Waals surface area contributed by atoms with Crippen molar-refractivity contribution in [2.75, 3.05) is 0 Å². The minimum absolute atomic E-state index is 0. The van der Waals surface area contributed by atoms with Crippen molar-refractivity contribution in [2.24, 2.45) is 5.14 Å². The Labute approximate surface area is 211 Å². The molecular weight excluding hydrogens is 698 g/mol. The second-order valence-corrected chi connectivity index (χ2v) is 11.8. The van der Waals surface area contributed by atoms with Gasteiger partial charge >= 0.3 is 42.8 Å². The zero-order valence-electron chi connectivity index (χ0n) is 17.7. The second kappa shape index (κ2) is 15.2. The number of halogens is 1. The largest absolute Gasteiger partial charge is 1.00 e. The standard InChI is InChI=1S/C19H20N4O2S.3CO.BrH.Re/c20-26(24,25)19-9-7-16(8-10-19)13-23(14-17-5-1-3-11-21-17)15-18-6-2-4-12-22-18;3*1-2;;/h1-12H,13-15H2,(H2,20,24,25);;;;1H;/q;;;;;+1/p-1. The van der Waals surface area contributed by atoms with Gasteiger partial charge in [0, 0.05) is 32.0 Å². The van der Waals surface area contributed by atoms with E-state index in [0.29, 0.717) is 19.6 Å². The molecule has 0 saturated carbocycles. The summed E-state index contributed by atoms with van der Waals surface area (Å²) in [7, 11) is -3.68. The van der Waals surface area contributed by atoms with Gasteiger partial charge in [-0.1, -0.05) is 24.3 Å². The van der Waals surface area contributed by atoms with Crippen molar-refractivity contribution in [3.05, 3.63) is 90.0 Å². The Morgan fingerprint density at radius 3 is 1.56 bits per heavy atom. The van der Waals surface area contributed by atoms with Crippen LogP contribution < -0.4 is 22.1 Å². The second-order valence-electron chi connectivity index (χ2n) is 6.49. The molecule has 3 aromatic rings. The third-order valence-corrected chi connectivity index (χ3v) is 6.71. The van der Waals surface area contributed by atoms with Crippen molar-refractivity contribution in [1.82, 2.24) is 14.9 Å². The van der Waals surface area contributed by atoms with E-state index in [1.54, 1.807) is 24.5 Å². The summed E-state index contributed by atoms with van der Waals surface area (Å²) in [6, 6.07) is 18.3. The van der Waals surface area contributed by atoms with E-state index in [1.807, 2.05) is 36.4 Å². The molecule has 0 amide bonds. The molecule has 9 nitrogen and oxygen atoms in total. The number of benzene rings is 1. The number of rotatable bonds is 7. The first-order valence-electron chi connectivity index (χ1n) is 9.32. The quantitative estimate of drug-likeness (QED) is 0.300. The van der Waals surface area contributed by atoms with E-state index >= 15 is 0 Å². The molecule has 0 aliphatic carbocycles. The van der Waals surface area contributed by atoms with Crippen molar-refractivity contribution in [2.45, 2.75) is 24.5 Å². The Morgan fingerprint density at radius 1 is 0.765 bits per heavy atom. The summed E-state index contributed by atoms with van der Waals surface area (Å²) in [6.45, 7) is 1.96. The van der Waals surface area contributed by atoms with Gasteiger partial charge in [-0.3, -0.25) is 14.9 Å². The number of hydrogen-bond acceptors (Lipinski definition) is 8. The Balaban J connectivity index is 0.000000633. The Morgan fingerprint density at radius 2 is 1.24 bits per heavy atom. The van der Waals surface area contributed by atoms with E-state index in [4.69, 9.17) is 5.14 Å². The van der Waals surface area contributed by atoms with Crippen molar-refractivity contribution in [3.8, 4) is 0 Å². The summed E-state index contributed by atoms with van der Waals surface area (Å²) < 4.78 is 26.7. The summed E-state index contributed by atoms with van der Waals surface area (Å²) >= 11 is -2.97. The van der Waals surface area contributed by atoms with E-state index in [0.717, 1.165) is 17.0 Å². The van der Waals surface area contributed by atoms with Crippen LogP contribution in [0.4, 0.5) is 0 Å². The summed E-state index contributed by atoms with van der Waals surface area (Å²) in [5.41, 5.74) is 2.92. The van der Waals surface area contributed by atoms with Crippen LogP contribution in [-0.4, -0.2) is 36.3 Å². The van der Waals surface area contributed by atoms with Gasteiger partial charge in [-0.05, 0) is 42.0 Å². The first kappa shape index (κ1) is 29.3. The average molecular weight is 719 g/mol. The van der Waals surface area contributed by atoms with E-state index in [9.17, 15) is 22.8 Å². The number of nitrogens with zero attached hydrogens (tertiary/aromatic N) is 3. The Bertz CT molecular complexity index is 1300. The van der Waals surface area contributed by atoms with E-state index in [2.05, 4.69) is 14.9 Å². The maximum absolute atomic E-state index is 11.4. The molecule has 0 bridgehead atoms. The molecule has 3 rings (SSSR count). The molecule has 178 valence electrons. The number of sulfonamides is 1. The predicted octanol–water partition coefficient (Wildman–Crippen LogP) is -1.86. The van der Waals surface area contributed by atoms with Crippen LogP contribution in [0.1, 0.15) is 17.0 Å². The van der Waals surface area contributed by atoms with Crippen LogP contribution in [0.5, 0.6) is 0 Å². The maximum atomic E-state index is 11.4. The number of aromatic nitrogens is 2. The topological polar surface area (TPSA) is 140 Å². The van der Waals surface area contributed by atoms with Gasteiger partial charge in [0.05, 0.1) is 16.3 Å². The molecule has 34 heavy (non-hydrogen) atoms. The molecule has 0 spiro atoms. The molecule has 0 atom stereocenters. The fourth-order valence-corrected chi connectivity index (χ4v) is 3.55. The summed E-state index contributed by atoms with van der Waals surface area (Å²) in [4.78, 5) is 39.3. The zero-order chi connectivity index (χ0) is 24.1. The van der Waals surface area contributed by atoms with Crippen molar-refractivity contribution in [3.63, 3.8) is 0 Å². The van der Waals surface area contributed by atoms with Crippen LogP contribution in [0.15, 0.2) is 78.0 Å². The van der Waals surface area contributed by atoms with Gasteiger partial charge in [0.15, 0.2) is 0 Å². The van der Waals surface area contributed by atoms with Crippen molar-refractivity contribution < 1.29 is 55.2 Å². The van der Waals surface area contributed by atoms with Gasteiger partial charge in [-0.15, -0.1) is 0 Å². The zero-order valence-corrected chi connectivity index (χ0v) is 22.8.